The van der Waals surface area contributed by atoms with Crippen molar-refractivity contribution >= 4 is 23.4 Å². The van der Waals surface area contributed by atoms with Gasteiger partial charge in [0.15, 0.2) is 0 Å². The van der Waals surface area contributed by atoms with Crippen LogP contribution >= 0.6 is 0 Å². The number of fused-ring (bicyclic) bond motifs is 1. The highest BCUT2D eigenvalue weighted by Gasteiger charge is 2.32. The van der Waals surface area contributed by atoms with Gasteiger partial charge in [-0.05, 0) is 36.8 Å². The highest BCUT2D eigenvalue weighted by Crippen LogP contribution is 2.25. The van der Waals surface area contributed by atoms with Crippen molar-refractivity contribution in [1.29, 1.82) is 0 Å². The van der Waals surface area contributed by atoms with Crippen molar-refractivity contribution in [2.45, 2.75) is 6.92 Å². The Morgan fingerprint density at radius 3 is 2.41 bits per heavy atom. The van der Waals surface area contributed by atoms with E-state index in [1.165, 1.54) is 13.1 Å². The molecule has 0 radical (unpaired) electrons. The molecule has 0 unspecified atom stereocenters. The molecule has 1 aliphatic heterocycles. The maximum Gasteiger partial charge on any atom is 0.261 e. The number of nitrogens with one attached hydrogen (secondary N) is 1. The summed E-state index contributed by atoms with van der Waals surface area (Å²) in [6, 6.07) is 12.0. The summed E-state index contributed by atoms with van der Waals surface area (Å²) in [5, 5.41) is 2.76. The lowest BCUT2D eigenvalue weighted by molar-refractivity contribution is 0.0692. The van der Waals surface area contributed by atoms with Gasteiger partial charge in [0.25, 0.3) is 17.7 Å². The molecule has 2 aromatic carbocycles. The van der Waals surface area contributed by atoms with Crippen LogP contribution in [0, 0.1) is 6.92 Å². The summed E-state index contributed by atoms with van der Waals surface area (Å²) < 4.78 is 0. The molecule has 0 atom stereocenters. The Kier molecular flexibility index (Phi) is 3.25. The summed E-state index contributed by atoms with van der Waals surface area (Å²) in [7, 11) is 1.44. The number of rotatable bonds is 2. The van der Waals surface area contributed by atoms with Crippen molar-refractivity contribution in [3.05, 3.63) is 64.7 Å². The molecule has 5 heteroatoms. The number of hydrogen-bond acceptors (Lipinski definition) is 3. The molecule has 110 valence electrons. The van der Waals surface area contributed by atoms with Crippen LogP contribution in [0.25, 0.3) is 0 Å². The number of anilines is 1. The summed E-state index contributed by atoms with van der Waals surface area (Å²) in [5.41, 5.74) is 2.61. The van der Waals surface area contributed by atoms with Crippen LogP contribution in [0.15, 0.2) is 42.5 Å². The largest absolute Gasteiger partial charge is 0.322 e. The van der Waals surface area contributed by atoms with Crippen molar-refractivity contribution in [2.24, 2.45) is 0 Å². The van der Waals surface area contributed by atoms with Gasteiger partial charge in [-0.1, -0.05) is 18.2 Å². The Hall–Kier alpha value is -2.95. The van der Waals surface area contributed by atoms with Gasteiger partial charge >= 0.3 is 0 Å². The Morgan fingerprint density at radius 2 is 1.68 bits per heavy atom. The zero-order valence-corrected chi connectivity index (χ0v) is 12.2. The molecule has 22 heavy (non-hydrogen) atoms. The van der Waals surface area contributed by atoms with E-state index < -0.39 is 0 Å². The normalized spacial score (nSPS) is 13.3. The van der Waals surface area contributed by atoms with Crippen molar-refractivity contribution in [2.75, 3.05) is 12.4 Å². The molecule has 0 saturated heterocycles. The smallest absolute Gasteiger partial charge is 0.261 e. The van der Waals surface area contributed by atoms with Gasteiger partial charge in [0.05, 0.1) is 11.1 Å². The molecule has 0 aromatic heterocycles. The summed E-state index contributed by atoms with van der Waals surface area (Å²) in [6.07, 6.45) is 0. The lowest BCUT2D eigenvalue weighted by Gasteiger charge is -2.08. The molecule has 0 aliphatic carbocycles. The van der Waals surface area contributed by atoms with Crippen LogP contribution in [0.3, 0.4) is 0 Å². The first-order chi connectivity index (χ1) is 10.5. The number of benzene rings is 2. The van der Waals surface area contributed by atoms with E-state index in [-0.39, 0.29) is 17.7 Å². The predicted octanol–water partition coefficient (Wildman–Crippen LogP) is 2.47. The minimum atomic E-state index is -0.355. The Bertz CT molecular complexity index is 811. The van der Waals surface area contributed by atoms with Crippen molar-refractivity contribution < 1.29 is 14.4 Å². The zero-order valence-electron chi connectivity index (χ0n) is 12.2. The van der Waals surface area contributed by atoms with Gasteiger partial charge in [-0.2, -0.15) is 0 Å². The third-order valence-electron chi connectivity index (χ3n) is 3.74. The SMILES string of the molecule is Cc1ccccc1C(=O)Nc1ccc2c(c1)C(=O)N(C)C2=O. The third-order valence-corrected chi connectivity index (χ3v) is 3.74. The number of aryl methyl sites for hydroxylation is 1. The summed E-state index contributed by atoms with van der Waals surface area (Å²) in [4.78, 5) is 37.1. The highest BCUT2D eigenvalue weighted by molar-refractivity contribution is 6.21. The van der Waals surface area contributed by atoms with E-state index in [4.69, 9.17) is 0 Å². The van der Waals surface area contributed by atoms with Crippen LogP contribution in [0.1, 0.15) is 36.6 Å². The van der Waals surface area contributed by atoms with Crippen LogP contribution in [0.5, 0.6) is 0 Å². The first-order valence-electron chi connectivity index (χ1n) is 6.82. The van der Waals surface area contributed by atoms with Gasteiger partial charge in [0, 0.05) is 18.3 Å². The topological polar surface area (TPSA) is 66.5 Å². The van der Waals surface area contributed by atoms with Crippen LogP contribution in [0.2, 0.25) is 0 Å². The fourth-order valence-electron chi connectivity index (χ4n) is 2.47. The Labute approximate surface area is 127 Å². The molecule has 0 saturated carbocycles. The molecular weight excluding hydrogens is 280 g/mol. The molecule has 1 aliphatic rings. The second-order valence-corrected chi connectivity index (χ2v) is 5.20. The van der Waals surface area contributed by atoms with Gasteiger partial charge in [-0.25, -0.2) is 0 Å². The standard InChI is InChI=1S/C17H14N2O3/c1-10-5-3-4-6-12(10)15(20)18-11-7-8-13-14(9-11)17(22)19(2)16(13)21/h3-9H,1-2H3,(H,18,20). The number of nitrogens with zero attached hydrogens (tertiary/aromatic N) is 1. The lowest BCUT2D eigenvalue weighted by atomic mass is 10.1. The fourth-order valence-corrected chi connectivity index (χ4v) is 2.47. The Morgan fingerprint density at radius 1 is 1.00 bits per heavy atom. The zero-order chi connectivity index (χ0) is 15.9. The Balaban J connectivity index is 1.90. The second-order valence-electron chi connectivity index (χ2n) is 5.20. The van der Waals surface area contributed by atoms with E-state index in [0.29, 0.717) is 22.4 Å². The number of hydrogen-bond donors (Lipinski definition) is 1. The number of imide groups is 1. The quantitative estimate of drug-likeness (QED) is 0.865. The minimum absolute atomic E-state index is 0.247. The molecule has 3 amide bonds. The molecule has 2 aromatic rings. The first kappa shape index (κ1) is 14.0. The van der Waals surface area contributed by atoms with E-state index in [2.05, 4.69) is 5.32 Å². The molecule has 3 rings (SSSR count). The van der Waals surface area contributed by atoms with E-state index in [0.717, 1.165) is 10.5 Å². The van der Waals surface area contributed by atoms with Gasteiger partial charge in [0.1, 0.15) is 0 Å². The van der Waals surface area contributed by atoms with Crippen LogP contribution < -0.4 is 5.32 Å². The van der Waals surface area contributed by atoms with Crippen molar-refractivity contribution in [3.8, 4) is 0 Å². The summed E-state index contributed by atoms with van der Waals surface area (Å²) >= 11 is 0. The van der Waals surface area contributed by atoms with Gasteiger partial charge in [-0.15, -0.1) is 0 Å². The van der Waals surface area contributed by atoms with Gasteiger partial charge < -0.3 is 5.32 Å². The van der Waals surface area contributed by atoms with Crippen molar-refractivity contribution in [1.82, 2.24) is 4.90 Å². The van der Waals surface area contributed by atoms with Crippen LogP contribution in [-0.2, 0) is 0 Å². The minimum Gasteiger partial charge on any atom is -0.322 e. The van der Waals surface area contributed by atoms with E-state index >= 15 is 0 Å². The fraction of sp³-hybridized carbons (Fsp3) is 0.118. The predicted molar refractivity (Wildman–Crippen MR) is 82.0 cm³/mol. The maximum atomic E-state index is 12.3. The molecule has 1 heterocycles. The van der Waals surface area contributed by atoms with Gasteiger partial charge in [0.2, 0.25) is 0 Å². The summed E-state index contributed by atoms with van der Waals surface area (Å²) in [5.74, 6) is -0.924. The maximum absolute atomic E-state index is 12.3. The van der Waals surface area contributed by atoms with E-state index in [1.54, 1.807) is 24.3 Å². The molecule has 0 bridgehead atoms. The average molecular weight is 294 g/mol. The third kappa shape index (κ3) is 2.16. The van der Waals surface area contributed by atoms with Crippen molar-refractivity contribution in [3.63, 3.8) is 0 Å². The number of carbonyl (C=O) groups is 3. The monoisotopic (exact) mass is 294 g/mol. The summed E-state index contributed by atoms with van der Waals surface area (Å²) in [6.45, 7) is 1.86. The lowest BCUT2D eigenvalue weighted by Crippen LogP contribution is -2.24. The van der Waals surface area contributed by atoms with Gasteiger partial charge in [-0.3, -0.25) is 19.3 Å². The van der Waals surface area contributed by atoms with E-state index in [1.807, 2.05) is 19.1 Å². The number of carbonyl (C=O) groups excluding carboxylic acids is 3. The molecular formula is C17H14N2O3. The van der Waals surface area contributed by atoms with Crippen LogP contribution in [-0.4, -0.2) is 29.7 Å². The van der Waals surface area contributed by atoms with Crippen LogP contribution in [0.4, 0.5) is 5.69 Å². The molecule has 0 fully saturated rings. The number of amides is 3. The van der Waals surface area contributed by atoms with E-state index in [9.17, 15) is 14.4 Å². The molecule has 0 spiro atoms. The molecule has 5 nitrogen and oxygen atoms in total. The first-order valence-corrected chi connectivity index (χ1v) is 6.82. The second kappa shape index (κ2) is 5.11. The molecule has 1 N–H and O–H groups in total. The highest BCUT2D eigenvalue weighted by atomic mass is 16.2. The average Bonchev–Trinajstić information content (AvgIpc) is 2.72.